The predicted octanol–water partition coefficient (Wildman–Crippen LogP) is 0.592. The second-order valence-corrected chi connectivity index (χ2v) is 2.59. The Morgan fingerprint density at radius 3 is 2.29 bits per heavy atom. The second-order valence-electron chi connectivity index (χ2n) is 2.59. The number of nitrogen functional groups attached to an aromatic ring is 1. The largest absolute Gasteiger partial charge is 0.396 e. The number of anilines is 3. The molecule has 0 bridgehead atoms. The molecule has 2 heterocycles. The molecule has 0 amide bonds. The molecule has 2 aromatic rings. The van der Waals surface area contributed by atoms with Gasteiger partial charge in [-0.3, -0.25) is 0 Å². The first-order valence-corrected chi connectivity index (χ1v) is 3.94. The van der Waals surface area contributed by atoms with Gasteiger partial charge in [0.25, 0.3) is 0 Å². The van der Waals surface area contributed by atoms with E-state index in [1.54, 1.807) is 12.4 Å². The summed E-state index contributed by atoms with van der Waals surface area (Å²) in [6.45, 7) is 0. The van der Waals surface area contributed by atoms with E-state index < -0.39 is 0 Å². The van der Waals surface area contributed by atoms with Crippen LogP contribution in [0, 0.1) is 0 Å². The Bertz CT molecular complexity index is 398. The lowest BCUT2D eigenvalue weighted by molar-refractivity contribution is 1.13. The van der Waals surface area contributed by atoms with E-state index in [0.29, 0.717) is 11.6 Å². The molecule has 2 aromatic heterocycles. The summed E-state index contributed by atoms with van der Waals surface area (Å²) >= 11 is 0. The van der Waals surface area contributed by atoms with Gasteiger partial charge < -0.3 is 11.1 Å². The minimum absolute atomic E-state index is 0.467. The molecule has 0 fully saturated rings. The summed E-state index contributed by atoms with van der Waals surface area (Å²) in [4.78, 5) is 15.6. The predicted molar refractivity (Wildman–Crippen MR) is 51.8 cm³/mol. The van der Waals surface area contributed by atoms with Crippen molar-refractivity contribution in [2.75, 3.05) is 11.1 Å². The van der Waals surface area contributed by atoms with Crippen molar-refractivity contribution in [1.82, 2.24) is 19.9 Å². The van der Waals surface area contributed by atoms with Gasteiger partial charge in [-0.15, -0.1) is 0 Å². The molecule has 0 aromatic carbocycles. The van der Waals surface area contributed by atoms with E-state index in [2.05, 4.69) is 25.3 Å². The summed E-state index contributed by atoms with van der Waals surface area (Å²) in [7, 11) is 0. The van der Waals surface area contributed by atoms with Crippen LogP contribution in [0.4, 0.5) is 17.3 Å². The van der Waals surface area contributed by atoms with E-state index in [1.165, 1.54) is 18.7 Å². The van der Waals surface area contributed by atoms with E-state index in [9.17, 15) is 0 Å². The van der Waals surface area contributed by atoms with Crippen molar-refractivity contribution in [2.24, 2.45) is 0 Å². The van der Waals surface area contributed by atoms with Crippen molar-refractivity contribution in [3.63, 3.8) is 0 Å². The van der Waals surface area contributed by atoms with Gasteiger partial charge in [-0.25, -0.2) is 19.9 Å². The minimum Gasteiger partial charge on any atom is -0.396 e. The molecule has 0 aliphatic heterocycles. The van der Waals surface area contributed by atoms with Crippen LogP contribution in [0.25, 0.3) is 0 Å². The zero-order valence-corrected chi connectivity index (χ0v) is 7.25. The summed E-state index contributed by atoms with van der Waals surface area (Å²) in [5.74, 6) is 0.467. The van der Waals surface area contributed by atoms with Gasteiger partial charge in [-0.2, -0.15) is 0 Å². The second kappa shape index (κ2) is 3.65. The lowest BCUT2D eigenvalue weighted by Gasteiger charge is -2.02. The van der Waals surface area contributed by atoms with E-state index >= 15 is 0 Å². The van der Waals surface area contributed by atoms with Crippen molar-refractivity contribution in [3.05, 3.63) is 31.1 Å². The van der Waals surface area contributed by atoms with Crippen molar-refractivity contribution < 1.29 is 0 Å². The Balaban J connectivity index is 2.16. The first-order chi connectivity index (χ1) is 6.84. The van der Waals surface area contributed by atoms with Crippen LogP contribution in [-0.2, 0) is 0 Å². The highest BCUT2D eigenvalue weighted by Crippen LogP contribution is 2.08. The fraction of sp³-hybridized carbons (Fsp3) is 0. The summed E-state index contributed by atoms with van der Waals surface area (Å²) in [6, 6.07) is 0. The zero-order valence-electron chi connectivity index (χ0n) is 7.25. The van der Waals surface area contributed by atoms with E-state index in [-0.39, 0.29) is 0 Å². The van der Waals surface area contributed by atoms with Crippen LogP contribution in [0.3, 0.4) is 0 Å². The van der Waals surface area contributed by atoms with Crippen molar-refractivity contribution in [2.45, 2.75) is 0 Å². The van der Waals surface area contributed by atoms with Crippen LogP contribution >= 0.6 is 0 Å². The van der Waals surface area contributed by atoms with E-state index in [1.807, 2.05) is 0 Å². The maximum atomic E-state index is 5.44. The Labute approximate surface area is 80.3 Å². The van der Waals surface area contributed by atoms with Gasteiger partial charge in [-0.05, 0) is 0 Å². The van der Waals surface area contributed by atoms with E-state index in [0.717, 1.165) is 5.69 Å². The van der Waals surface area contributed by atoms with Gasteiger partial charge >= 0.3 is 0 Å². The summed E-state index contributed by atoms with van der Waals surface area (Å²) in [5.41, 5.74) is 6.70. The molecule has 0 radical (unpaired) electrons. The maximum Gasteiger partial charge on any atom is 0.227 e. The number of rotatable bonds is 2. The van der Waals surface area contributed by atoms with Gasteiger partial charge in [0.2, 0.25) is 5.95 Å². The highest BCUT2D eigenvalue weighted by atomic mass is 15.1. The Hall–Kier alpha value is -2.24. The van der Waals surface area contributed by atoms with Crippen LogP contribution in [0.5, 0.6) is 0 Å². The van der Waals surface area contributed by atoms with Crippen LogP contribution in [-0.4, -0.2) is 19.9 Å². The van der Waals surface area contributed by atoms with Crippen molar-refractivity contribution in [3.8, 4) is 0 Å². The van der Waals surface area contributed by atoms with Crippen molar-refractivity contribution in [1.29, 1.82) is 0 Å². The highest BCUT2D eigenvalue weighted by Gasteiger charge is 1.96. The molecule has 6 nitrogen and oxygen atoms in total. The molecule has 0 spiro atoms. The van der Waals surface area contributed by atoms with Crippen LogP contribution in [0.1, 0.15) is 0 Å². The first-order valence-electron chi connectivity index (χ1n) is 3.94. The molecular weight excluding hydrogens is 180 g/mol. The van der Waals surface area contributed by atoms with E-state index in [4.69, 9.17) is 5.73 Å². The Morgan fingerprint density at radius 1 is 1.00 bits per heavy atom. The summed E-state index contributed by atoms with van der Waals surface area (Å²) in [6.07, 6.45) is 7.77. The van der Waals surface area contributed by atoms with Gasteiger partial charge in [0, 0.05) is 0 Å². The number of nitrogens with zero attached hydrogens (tertiary/aromatic N) is 4. The quantitative estimate of drug-likeness (QED) is 0.717. The average Bonchev–Trinajstić information content (AvgIpc) is 2.23. The molecule has 0 atom stereocenters. The normalized spacial score (nSPS) is 9.71. The third-order valence-electron chi connectivity index (χ3n) is 1.49. The molecule has 0 aliphatic carbocycles. The number of hydrogen-bond donors (Lipinski definition) is 2. The van der Waals surface area contributed by atoms with Gasteiger partial charge in [0.05, 0.1) is 36.2 Å². The fourth-order valence-corrected chi connectivity index (χ4v) is 0.895. The zero-order chi connectivity index (χ0) is 9.80. The molecule has 0 saturated heterocycles. The number of nitrogens with two attached hydrogens (primary N) is 1. The summed E-state index contributed by atoms with van der Waals surface area (Å²) in [5, 5.41) is 2.93. The molecule has 3 N–H and O–H groups in total. The monoisotopic (exact) mass is 188 g/mol. The number of nitrogens with one attached hydrogen (secondary N) is 1. The van der Waals surface area contributed by atoms with Crippen molar-refractivity contribution >= 4 is 17.3 Å². The lowest BCUT2D eigenvalue weighted by atomic mass is 10.5. The highest BCUT2D eigenvalue weighted by molar-refractivity contribution is 5.50. The third kappa shape index (κ3) is 1.92. The Morgan fingerprint density at radius 2 is 1.64 bits per heavy atom. The number of aromatic nitrogens is 4. The minimum atomic E-state index is 0.467. The molecule has 0 aliphatic rings. The lowest BCUT2D eigenvalue weighted by Crippen LogP contribution is -1.98. The average molecular weight is 188 g/mol. The molecule has 0 unspecified atom stereocenters. The third-order valence-corrected chi connectivity index (χ3v) is 1.49. The molecule has 0 saturated carbocycles. The smallest absolute Gasteiger partial charge is 0.227 e. The maximum absolute atomic E-state index is 5.44. The standard InChI is InChI=1S/C8H8N6/c9-6-1-12-8(13-2-6)14-7-3-10-5-11-4-7/h1-5H,9H2,(H,12,13,14). The molecule has 14 heavy (non-hydrogen) atoms. The Kier molecular flexibility index (Phi) is 2.18. The molecular formula is C8H8N6. The van der Waals surface area contributed by atoms with Crippen LogP contribution in [0.15, 0.2) is 31.1 Å². The SMILES string of the molecule is Nc1cnc(Nc2cncnc2)nc1. The van der Waals surface area contributed by atoms with Crippen LogP contribution < -0.4 is 11.1 Å². The van der Waals surface area contributed by atoms with Gasteiger partial charge in [0.15, 0.2) is 0 Å². The molecule has 6 heteroatoms. The molecule has 70 valence electrons. The fourth-order valence-electron chi connectivity index (χ4n) is 0.895. The molecule has 2 rings (SSSR count). The summed E-state index contributed by atoms with van der Waals surface area (Å²) < 4.78 is 0. The van der Waals surface area contributed by atoms with Gasteiger partial charge in [-0.1, -0.05) is 0 Å². The van der Waals surface area contributed by atoms with Gasteiger partial charge in [0.1, 0.15) is 6.33 Å². The topological polar surface area (TPSA) is 89.6 Å². The number of hydrogen-bond acceptors (Lipinski definition) is 6. The van der Waals surface area contributed by atoms with Crippen LogP contribution in [0.2, 0.25) is 0 Å². The first kappa shape index (κ1) is 8.36.